The largest absolute Gasteiger partial charge is 0.354 e. The maximum atomic E-state index is 11.0. The summed E-state index contributed by atoms with van der Waals surface area (Å²) in [7, 11) is 3.35. The predicted octanol–water partition coefficient (Wildman–Crippen LogP) is -1.07. The summed E-state index contributed by atoms with van der Waals surface area (Å²) in [5, 5.41) is 2.56. The Bertz CT molecular complexity index is 170. The van der Waals surface area contributed by atoms with Gasteiger partial charge in [-0.05, 0) is 6.92 Å². The number of rotatable bonds is 4. The van der Waals surface area contributed by atoms with Crippen molar-refractivity contribution in [2.45, 2.75) is 19.4 Å². The van der Waals surface area contributed by atoms with Crippen LogP contribution in [-0.2, 0) is 9.59 Å². The van der Waals surface area contributed by atoms with Crippen molar-refractivity contribution < 1.29 is 9.59 Å². The topological polar surface area (TPSA) is 75.4 Å². The Labute approximate surface area is 78.3 Å². The monoisotopic (exact) mass is 187 g/mol. The van der Waals surface area contributed by atoms with E-state index in [9.17, 15) is 9.59 Å². The van der Waals surface area contributed by atoms with E-state index in [0.717, 1.165) is 0 Å². The van der Waals surface area contributed by atoms with Crippen LogP contribution in [0.25, 0.3) is 0 Å². The lowest BCUT2D eigenvalue weighted by Crippen LogP contribution is -2.39. The van der Waals surface area contributed by atoms with Gasteiger partial charge in [-0.1, -0.05) is 0 Å². The van der Waals surface area contributed by atoms with E-state index < -0.39 is 6.04 Å². The van der Waals surface area contributed by atoms with Gasteiger partial charge in [0.25, 0.3) is 0 Å². The zero-order valence-corrected chi connectivity index (χ0v) is 8.33. The highest BCUT2D eigenvalue weighted by Crippen LogP contribution is 1.85. The first-order valence-electron chi connectivity index (χ1n) is 4.18. The quantitative estimate of drug-likeness (QED) is 0.588. The van der Waals surface area contributed by atoms with Gasteiger partial charge in [0.1, 0.15) is 0 Å². The highest BCUT2D eigenvalue weighted by molar-refractivity contribution is 5.82. The molecule has 2 amide bonds. The van der Waals surface area contributed by atoms with E-state index >= 15 is 0 Å². The third kappa shape index (κ3) is 5.19. The molecule has 5 nitrogen and oxygen atoms in total. The number of amides is 2. The van der Waals surface area contributed by atoms with E-state index in [-0.39, 0.29) is 11.8 Å². The summed E-state index contributed by atoms with van der Waals surface area (Å²) >= 11 is 0. The highest BCUT2D eigenvalue weighted by Gasteiger charge is 2.08. The molecule has 0 bridgehead atoms. The smallest absolute Gasteiger partial charge is 0.236 e. The average Bonchev–Trinajstić information content (AvgIpc) is 2.03. The molecule has 0 saturated carbocycles. The van der Waals surface area contributed by atoms with Crippen molar-refractivity contribution in [3.63, 3.8) is 0 Å². The fourth-order valence-electron chi connectivity index (χ4n) is 0.677. The summed E-state index contributed by atoms with van der Waals surface area (Å²) < 4.78 is 0. The van der Waals surface area contributed by atoms with E-state index in [4.69, 9.17) is 5.73 Å². The van der Waals surface area contributed by atoms with Crippen molar-refractivity contribution in [3.8, 4) is 0 Å². The van der Waals surface area contributed by atoms with Gasteiger partial charge >= 0.3 is 0 Å². The Balaban J connectivity index is 3.57. The second-order valence-corrected chi connectivity index (χ2v) is 3.12. The number of nitrogens with one attached hydrogen (secondary N) is 1. The van der Waals surface area contributed by atoms with Crippen molar-refractivity contribution >= 4 is 11.8 Å². The molecule has 0 spiro atoms. The third-order valence-electron chi connectivity index (χ3n) is 1.55. The molecule has 5 heteroatoms. The molecule has 0 rings (SSSR count). The molecular weight excluding hydrogens is 170 g/mol. The molecule has 0 saturated heterocycles. The molecule has 0 fully saturated rings. The van der Waals surface area contributed by atoms with E-state index in [0.29, 0.717) is 13.0 Å². The molecular formula is C8H17N3O2. The van der Waals surface area contributed by atoms with E-state index in [1.807, 2.05) is 0 Å². The fraction of sp³-hybridized carbons (Fsp3) is 0.750. The fourth-order valence-corrected chi connectivity index (χ4v) is 0.677. The molecule has 3 N–H and O–H groups in total. The van der Waals surface area contributed by atoms with Crippen LogP contribution < -0.4 is 11.1 Å². The predicted molar refractivity (Wildman–Crippen MR) is 50.0 cm³/mol. The van der Waals surface area contributed by atoms with E-state index in [1.54, 1.807) is 21.0 Å². The maximum Gasteiger partial charge on any atom is 0.236 e. The van der Waals surface area contributed by atoms with Crippen molar-refractivity contribution in [1.29, 1.82) is 0 Å². The Morgan fingerprint density at radius 2 is 2.00 bits per heavy atom. The molecule has 76 valence electrons. The van der Waals surface area contributed by atoms with Crippen LogP contribution in [0.15, 0.2) is 0 Å². The Hall–Kier alpha value is -1.10. The first-order valence-corrected chi connectivity index (χ1v) is 4.18. The summed E-state index contributed by atoms with van der Waals surface area (Å²) in [6, 6.07) is -0.519. The molecule has 0 aliphatic heterocycles. The SMILES string of the molecule is C[C@@H](N)C(=O)NCCC(=O)N(C)C. The first-order chi connectivity index (χ1) is 5.95. The van der Waals surface area contributed by atoms with Gasteiger partial charge in [0, 0.05) is 27.1 Å². The van der Waals surface area contributed by atoms with Gasteiger partial charge < -0.3 is 16.0 Å². The van der Waals surface area contributed by atoms with Crippen LogP contribution >= 0.6 is 0 Å². The highest BCUT2D eigenvalue weighted by atomic mass is 16.2. The van der Waals surface area contributed by atoms with Gasteiger partial charge in [0.05, 0.1) is 6.04 Å². The molecule has 1 atom stereocenters. The molecule has 0 aliphatic rings. The summed E-state index contributed by atoms with van der Waals surface area (Å²) in [5.41, 5.74) is 5.31. The molecule has 0 aromatic carbocycles. The van der Waals surface area contributed by atoms with E-state index in [2.05, 4.69) is 5.32 Å². The number of carbonyl (C=O) groups is 2. The molecule has 0 heterocycles. The van der Waals surface area contributed by atoms with Crippen LogP contribution in [0, 0.1) is 0 Å². The molecule has 0 radical (unpaired) electrons. The second kappa shape index (κ2) is 5.53. The minimum atomic E-state index is -0.519. The van der Waals surface area contributed by atoms with Crippen LogP contribution in [0.1, 0.15) is 13.3 Å². The lowest BCUT2D eigenvalue weighted by Gasteiger charge is -2.11. The molecule has 0 unspecified atom stereocenters. The lowest BCUT2D eigenvalue weighted by molar-refractivity contribution is -0.128. The third-order valence-corrected chi connectivity index (χ3v) is 1.55. The standard InChI is InChI=1S/C8H17N3O2/c1-6(9)8(13)10-5-4-7(12)11(2)3/h6H,4-5,9H2,1-3H3,(H,10,13)/t6-/m1/s1. The van der Waals surface area contributed by atoms with Crippen LogP contribution in [0.5, 0.6) is 0 Å². The van der Waals surface area contributed by atoms with Gasteiger partial charge in [-0.3, -0.25) is 9.59 Å². The van der Waals surface area contributed by atoms with E-state index in [1.165, 1.54) is 4.90 Å². The first kappa shape index (κ1) is 11.9. The Kier molecular flexibility index (Phi) is 5.06. The Morgan fingerprint density at radius 1 is 1.46 bits per heavy atom. The van der Waals surface area contributed by atoms with Gasteiger partial charge in [-0.25, -0.2) is 0 Å². The van der Waals surface area contributed by atoms with Crippen molar-refractivity contribution in [2.75, 3.05) is 20.6 Å². The van der Waals surface area contributed by atoms with Gasteiger partial charge in [-0.15, -0.1) is 0 Å². The molecule has 0 aromatic rings. The summed E-state index contributed by atoms with van der Waals surface area (Å²) in [6.45, 7) is 1.94. The summed E-state index contributed by atoms with van der Waals surface area (Å²) in [4.78, 5) is 23.5. The van der Waals surface area contributed by atoms with Crippen LogP contribution in [-0.4, -0.2) is 43.4 Å². The lowest BCUT2D eigenvalue weighted by atomic mass is 10.3. The zero-order valence-electron chi connectivity index (χ0n) is 8.33. The second-order valence-electron chi connectivity index (χ2n) is 3.12. The molecule has 0 aliphatic carbocycles. The van der Waals surface area contributed by atoms with Gasteiger partial charge in [-0.2, -0.15) is 0 Å². The molecule has 0 aromatic heterocycles. The molecule has 13 heavy (non-hydrogen) atoms. The van der Waals surface area contributed by atoms with Gasteiger partial charge in [0.15, 0.2) is 0 Å². The Morgan fingerprint density at radius 3 is 2.38 bits per heavy atom. The zero-order chi connectivity index (χ0) is 10.4. The van der Waals surface area contributed by atoms with Crippen molar-refractivity contribution in [3.05, 3.63) is 0 Å². The van der Waals surface area contributed by atoms with Crippen molar-refractivity contribution in [1.82, 2.24) is 10.2 Å². The van der Waals surface area contributed by atoms with Crippen LogP contribution in [0.3, 0.4) is 0 Å². The van der Waals surface area contributed by atoms with Crippen LogP contribution in [0.4, 0.5) is 0 Å². The maximum absolute atomic E-state index is 11.0. The summed E-state index contributed by atoms with van der Waals surface area (Å²) in [6.07, 6.45) is 0.311. The number of hydrogen-bond acceptors (Lipinski definition) is 3. The number of hydrogen-bond donors (Lipinski definition) is 2. The van der Waals surface area contributed by atoms with Crippen LogP contribution in [0.2, 0.25) is 0 Å². The minimum Gasteiger partial charge on any atom is -0.354 e. The normalized spacial score (nSPS) is 12.0. The number of carbonyl (C=O) groups excluding carboxylic acids is 2. The van der Waals surface area contributed by atoms with Gasteiger partial charge in [0.2, 0.25) is 11.8 Å². The number of nitrogens with zero attached hydrogens (tertiary/aromatic N) is 1. The number of nitrogens with two attached hydrogens (primary N) is 1. The average molecular weight is 187 g/mol. The van der Waals surface area contributed by atoms with Crippen molar-refractivity contribution in [2.24, 2.45) is 5.73 Å². The summed E-state index contributed by atoms with van der Waals surface area (Å²) in [5.74, 6) is -0.239. The minimum absolute atomic E-state index is 0.00928.